The summed E-state index contributed by atoms with van der Waals surface area (Å²) in [6.07, 6.45) is 0. The quantitative estimate of drug-likeness (QED) is 0.616. The molecule has 0 radical (unpaired) electrons. The highest BCUT2D eigenvalue weighted by atomic mass is 16.5. The summed E-state index contributed by atoms with van der Waals surface area (Å²) < 4.78 is 4.93. The summed E-state index contributed by atoms with van der Waals surface area (Å²) in [5.74, 6) is -0.412. The standard InChI is InChI=1S/C14H20N2O2/c1-4-18-14(17)13(11(3)15)16-9-12-7-5-10(2)6-8-12/h5-8,16H,4,9,15H2,1-3H3/b13-11-. The fourth-order valence-electron chi connectivity index (χ4n) is 1.47. The van der Waals surface area contributed by atoms with Crippen molar-refractivity contribution in [2.24, 2.45) is 5.73 Å². The van der Waals surface area contributed by atoms with Crippen LogP contribution in [0, 0.1) is 6.92 Å². The van der Waals surface area contributed by atoms with E-state index in [1.54, 1.807) is 13.8 Å². The van der Waals surface area contributed by atoms with Crippen molar-refractivity contribution in [3.05, 3.63) is 46.8 Å². The molecule has 0 aliphatic heterocycles. The molecule has 1 rings (SSSR count). The van der Waals surface area contributed by atoms with Crippen molar-refractivity contribution in [2.45, 2.75) is 27.3 Å². The average Bonchev–Trinajstić information content (AvgIpc) is 2.31. The van der Waals surface area contributed by atoms with Gasteiger partial charge in [-0.1, -0.05) is 29.8 Å². The number of nitrogens with one attached hydrogen (secondary N) is 1. The summed E-state index contributed by atoms with van der Waals surface area (Å²) in [7, 11) is 0. The topological polar surface area (TPSA) is 64.3 Å². The van der Waals surface area contributed by atoms with Gasteiger partial charge in [0.05, 0.1) is 6.61 Å². The maximum atomic E-state index is 11.6. The van der Waals surface area contributed by atoms with Crippen LogP contribution >= 0.6 is 0 Å². The molecule has 0 saturated heterocycles. The van der Waals surface area contributed by atoms with Gasteiger partial charge in [-0.3, -0.25) is 0 Å². The number of aryl methyl sites for hydroxylation is 1. The van der Waals surface area contributed by atoms with Crippen LogP contribution in [0.15, 0.2) is 35.7 Å². The van der Waals surface area contributed by atoms with Gasteiger partial charge in [0.1, 0.15) is 5.70 Å². The molecular weight excluding hydrogens is 228 g/mol. The van der Waals surface area contributed by atoms with Gasteiger partial charge in [-0.25, -0.2) is 4.79 Å². The second kappa shape index (κ2) is 6.69. The van der Waals surface area contributed by atoms with Crippen LogP contribution < -0.4 is 11.1 Å². The number of esters is 1. The van der Waals surface area contributed by atoms with Crippen LogP contribution in [0.2, 0.25) is 0 Å². The smallest absolute Gasteiger partial charge is 0.356 e. The predicted molar refractivity (Wildman–Crippen MR) is 71.5 cm³/mol. The first-order valence-electron chi connectivity index (χ1n) is 5.97. The fraction of sp³-hybridized carbons (Fsp3) is 0.357. The van der Waals surface area contributed by atoms with Gasteiger partial charge in [0.25, 0.3) is 0 Å². The predicted octanol–water partition coefficient (Wildman–Crippen LogP) is 1.84. The lowest BCUT2D eigenvalue weighted by atomic mass is 10.1. The van der Waals surface area contributed by atoms with Gasteiger partial charge in [-0.2, -0.15) is 0 Å². The van der Waals surface area contributed by atoms with Crippen molar-refractivity contribution in [1.82, 2.24) is 5.32 Å². The van der Waals surface area contributed by atoms with Gasteiger partial charge in [0, 0.05) is 12.2 Å². The molecule has 0 atom stereocenters. The Bertz CT molecular complexity index is 432. The molecule has 98 valence electrons. The molecule has 0 saturated carbocycles. The Balaban J connectivity index is 2.67. The molecular formula is C14H20N2O2. The molecule has 0 aliphatic carbocycles. The second-order valence-corrected chi connectivity index (χ2v) is 4.12. The first-order chi connectivity index (χ1) is 8.54. The van der Waals surface area contributed by atoms with Gasteiger partial charge in [0.15, 0.2) is 0 Å². The number of rotatable bonds is 5. The molecule has 0 unspecified atom stereocenters. The van der Waals surface area contributed by atoms with Gasteiger partial charge in [-0.05, 0) is 26.3 Å². The van der Waals surface area contributed by atoms with E-state index in [-0.39, 0.29) is 0 Å². The maximum Gasteiger partial charge on any atom is 0.356 e. The zero-order chi connectivity index (χ0) is 13.5. The summed E-state index contributed by atoms with van der Waals surface area (Å²) in [5.41, 5.74) is 8.72. The number of hydrogen-bond acceptors (Lipinski definition) is 4. The molecule has 1 aromatic rings. The summed E-state index contributed by atoms with van der Waals surface area (Å²) >= 11 is 0. The zero-order valence-corrected chi connectivity index (χ0v) is 11.1. The van der Waals surface area contributed by atoms with E-state index in [4.69, 9.17) is 10.5 Å². The largest absolute Gasteiger partial charge is 0.461 e. The Labute approximate surface area is 108 Å². The molecule has 3 N–H and O–H groups in total. The number of allylic oxidation sites excluding steroid dienone is 1. The van der Waals surface area contributed by atoms with Crippen LogP contribution in [0.5, 0.6) is 0 Å². The third-order valence-corrected chi connectivity index (χ3v) is 2.46. The number of carbonyl (C=O) groups is 1. The van der Waals surface area contributed by atoms with E-state index >= 15 is 0 Å². The molecule has 0 fully saturated rings. The van der Waals surface area contributed by atoms with Crippen LogP contribution in [0.3, 0.4) is 0 Å². The molecule has 1 aromatic carbocycles. The summed E-state index contributed by atoms with van der Waals surface area (Å²) in [6.45, 7) is 6.35. The highest BCUT2D eigenvalue weighted by Crippen LogP contribution is 2.05. The first kappa shape index (κ1) is 14.1. The van der Waals surface area contributed by atoms with Gasteiger partial charge in [0.2, 0.25) is 0 Å². The summed E-state index contributed by atoms with van der Waals surface area (Å²) in [6, 6.07) is 8.08. The van der Waals surface area contributed by atoms with Crippen molar-refractivity contribution < 1.29 is 9.53 Å². The first-order valence-corrected chi connectivity index (χ1v) is 5.97. The Morgan fingerprint density at radius 3 is 2.44 bits per heavy atom. The number of ether oxygens (including phenoxy) is 1. The number of benzene rings is 1. The van der Waals surface area contributed by atoms with Crippen LogP contribution in [0.4, 0.5) is 0 Å². The van der Waals surface area contributed by atoms with Crippen LogP contribution in [0.1, 0.15) is 25.0 Å². The van der Waals surface area contributed by atoms with E-state index in [0.717, 1.165) is 5.56 Å². The number of nitrogens with two attached hydrogens (primary N) is 1. The monoisotopic (exact) mass is 248 g/mol. The highest BCUT2D eigenvalue weighted by molar-refractivity contribution is 5.88. The van der Waals surface area contributed by atoms with E-state index in [1.165, 1.54) is 5.56 Å². The van der Waals surface area contributed by atoms with Gasteiger partial charge in [-0.15, -0.1) is 0 Å². The van der Waals surface area contributed by atoms with E-state index in [0.29, 0.717) is 24.5 Å². The lowest BCUT2D eigenvalue weighted by Gasteiger charge is -2.11. The lowest BCUT2D eigenvalue weighted by molar-refractivity contribution is -0.139. The minimum atomic E-state index is -0.412. The third kappa shape index (κ3) is 4.13. The highest BCUT2D eigenvalue weighted by Gasteiger charge is 2.12. The van der Waals surface area contributed by atoms with E-state index in [9.17, 15) is 4.79 Å². The summed E-state index contributed by atoms with van der Waals surface area (Å²) in [4.78, 5) is 11.6. The molecule has 4 heteroatoms. The van der Waals surface area contributed by atoms with Crippen LogP contribution in [0.25, 0.3) is 0 Å². The molecule has 0 aromatic heterocycles. The van der Waals surface area contributed by atoms with Crippen molar-refractivity contribution >= 4 is 5.97 Å². The molecule has 18 heavy (non-hydrogen) atoms. The number of carbonyl (C=O) groups excluding carboxylic acids is 1. The average molecular weight is 248 g/mol. The Kier molecular flexibility index (Phi) is 5.24. The van der Waals surface area contributed by atoms with Crippen LogP contribution in [-0.2, 0) is 16.1 Å². The molecule has 0 bridgehead atoms. The fourth-order valence-corrected chi connectivity index (χ4v) is 1.47. The van der Waals surface area contributed by atoms with Gasteiger partial charge < -0.3 is 15.8 Å². The van der Waals surface area contributed by atoms with Crippen molar-refractivity contribution in [2.75, 3.05) is 6.61 Å². The molecule has 0 aliphatic rings. The Morgan fingerprint density at radius 2 is 1.94 bits per heavy atom. The Hall–Kier alpha value is -1.97. The van der Waals surface area contributed by atoms with Crippen molar-refractivity contribution in [3.63, 3.8) is 0 Å². The maximum absolute atomic E-state index is 11.6. The molecule has 0 heterocycles. The summed E-state index contributed by atoms with van der Waals surface area (Å²) in [5, 5.41) is 3.02. The van der Waals surface area contributed by atoms with Gasteiger partial charge >= 0.3 is 5.97 Å². The van der Waals surface area contributed by atoms with E-state index in [1.807, 2.05) is 31.2 Å². The lowest BCUT2D eigenvalue weighted by Crippen LogP contribution is -2.25. The molecule has 4 nitrogen and oxygen atoms in total. The zero-order valence-electron chi connectivity index (χ0n) is 11.1. The molecule has 0 spiro atoms. The van der Waals surface area contributed by atoms with E-state index < -0.39 is 5.97 Å². The normalized spacial score (nSPS) is 11.7. The number of hydrogen-bond donors (Lipinski definition) is 2. The second-order valence-electron chi connectivity index (χ2n) is 4.12. The van der Waals surface area contributed by atoms with Crippen molar-refractivity contribution in [3.8, 4) is 0 Å². The van der Waals surface area contributed by atoms with Crippen molar-refractivity contribution in [1.29, 1.82) is 0 Å². The minimum Gasteiger partial charge on any atom is -0.461 e. The third-order valence-electron chi connectivity index (χ3n) is 2.46. The van der Waals surface area contributed by atoms with E-state index in [2.05, 4.69) is 5.32 Å². The SMILES string of the molecule is CCOC(=O)/C(NCc1ccc(C)cc1)=C(\C)N. The minimum absolute atomic E-state index is 0.331. The van der Waals surface area contributed by atoms with Crippen LogP contribution in [-0.4, -0.2) is 12.6 Å². The Morgan fingerprint density at radius 1 is 1.33 bits per heavy atom. The molecule has 0 amide bonds.